The zero-order chi connectivity index (χ0) is 14.3. The lowest BCUT2D eigenvalue weighted by atomic mass is 10.0. The molecular formula is C15H25FN2S. The van der Waals surface area contributed by atoms with Gasteiger partial charge in [0.25, 0.3) is 0 Å². The summed E-state index contributed by atoms with van der Waals surface area (Å²) >= 11 is 1.88. The lowest BCUT2D eigenvalue weighted by Crippen LogP contribution is -2.35. The van der Waals surface area contributed by atoms with Crippen LogP contribution in [0.15, 0.2) is 24.3 Å². The molecule has 0 bridgehead atoms. The minimum absolute atomic E-state index is 0.0187. The second-order valence-corrected chi connectivity index (χ2v) is 5.86. The molecule has 2 atom stereocenters. The molecular weight excluding hydrogens is 259 g/mol. The Bertz CT molecular complexity index is 356. The maximum absolute atomic E-state index is 12.8. The van der Waals surface area contributed by atoms with E-state index < -0.39 is 0 Å². The van der Waals surface area contributed by atoms with Gasteiger partial charge in [-0.15, -0.1) is 0 Å². The van der Waals surface area contributed by atoms with Crippen LogP contribution in [0, 0.1) is 5.82 Å². The van der Waals surface area contributed by atoms with Gasteiger partial charge in [0.2, 0.25) is 0 Å². The van der Waals surface area contributed by atoms with Crippen LogP contribution >= 0.6 is 11.8 Å². The lowest BCUT2D eigenvalue weighted by molar-refractivity contribution is 0.247. The monoisotopic (exact) mass is 284 g/mol. The number of hydrogen-bond donors (Lipinski definition) is 1. The first-order valence-electron chi connectivity index (χ1n) is 6.78. The van der Waals surface area contributed by atoms with Crippen LogP contribution in [0.3, 0.4) is 0 Å². The summed E-state index contributed by atoms with van der Waals surface area (Å²) in [4.78, 5) is 2.37. The molecule has 108 valence electrons. The number of halogens is 1. The second-order valence-electron chi connectivity index (χ2n) is 4.94. The second kappa shape index (κ2) is 8.56. The van der Waals surface area contributed by atoms with E-state index in [1.165, 1.54) is 12.1 Å². The molecule has 0 aliphatic carbocycles. The van der Waals surface area contributed by atoms with Crippen LogP contribution in [-0.4, -0.2) is 36.5 Å². The predicted octanol–water partition coefficient (Wildman–Crippen LogP) is 3.29. The summed E-state index contributed by atoms with van der Waals surface area (Å²) in [5.74, 6) is 0.942. The Hall–Kier alpha value is -0.580. The van der Waals surface area contributed by atoms with E-state index >= 15 is 0 Å². The fraction of sp³-hybridized carbons (Fsp3) is 0.600. The molecule has 0 heterocycles. The number of rotatable bonds is 8. The number of thioether (sulfide) groups is 1. The normalized spacial score (nSPS) is 14.6. The molecule has 19 heavy (non-hydrogen) atoms. The van der Waals surface area contributed by atoms with Crippen molar-refractivity contribution in [3.8, 4) is 0 Å². The Morgan fingerprint density at radius 2 is 1.95 bits per heavy atom. The average molecular weight is 284 g/mol. The Morgan fingerprint density at radius 1 is 1.32 bits per heavy atom. The van der Waals surface area contributed by atoms with Crippen LogP contribution in [0.25, 0.3) is 0 Å². The molecule has 2 unspecified atom stereocenters. The Morgan fingerprint density at radius 3 is 2.47 bits per heavy atom. The van der Waals surface area contributed by atoms with Crippen molar-refractivity contribution in [2.24, 2.45) is 5.73 Å². The summed E-state index contributed by atoms with van der Waals surface area (Å²) in [6.07, 6.45) is 4.19. The van der Waals surface area contributed by atoms with E-state index in [1.807, 2.05) is 11.8 Å². The molecule has 0 aromatic heterocycles. The van der Waals surface area contributed by atoms with Gasteiger partial charge in [-0.2, -0.15) is 11.8 Å². The topological polar surface area (TPSA) is 29.3 Å². The quantitative estimate of drug-likeness (QED) is 0.794. The molecule has 4 heteroatoms. The number of benzene rings is 1. The van der Waals surface area contributed by atoms with Gasteiger partial charge in [0, 0.05) is 17.8 Å². The van der Waals surface area contributed by atoms with E-state index in [4.69, 9.17) is 5.73 Å². The minimum atomic E-state index is -0.209. The van der Waals surface area contributed by atoms with Crippen LogP contribution < -0.4 is 5.73 Å². The molecule has 0 saturated carbocycles. The van der Waals surface area contributed by atoms with E-state index in [1.54, 1.807) is 12.1 Å². The third-order valence-electron chi connectivity index (χ3n) is 3.54. The molecule has 0 spiro atoms. The summed E-state index contributed by atoms with van der Waals surface area (Å²) < 4.78 is 12.8. The first-order chi connectivity index (χ1) is 9.08. The van der Waals surface area contributed by atoms with E-state index in [-0.39, 0.29) is 11.9 Å². The lowest BCUT2D eigenvalue weighted by Gasteiger charge is -2.27. The fourth-order valence-corrected chi connectivity index (χ4v) is 3.03. The largest absolute Gasteiger partial charge is 0.324 e. The molecule has 0 fully saturated rings. The van der Waals surface area contributed by atoms with Crippen LogP contribution in [0.4, 0.5) is 4.39 Å². The summed E-state index contributed by atoms with van der Waals surface area (Å²) in [7, 11) is 2.15. The van der Waals surface area contributed by atoms with Crippen molar-refractivity contribution in [2.75, 3.05) is 25.6 Å². The average Bonchev–Trinajstić information content (AvgIpc) is 2.42. The van der Waals surface area contributed by atoms with E-state index in [9.17, 15) is 4.39 Å². The highest BCUT2D eigenvalue weighted by Gasteiger charge is 2.14. The highest BCUT2D eigenvalue weighted by molar-refractivity contribution is 7.98. The zero-order valence-electron chi connectivity index (χ0n) is 12.1. The highest BCUT2D eigenvalue weighted by Crippen LogP contribution is 2.16. The van der Waals surface area contributed by atoms with Gasteiger partial charge in [-0.25, -0.2) is 4.39 Å². The SMILES string of the molecule is CCC(CSC)N(C)CCC(N)c1ccc(F)cc1. The number of nitrogens with zero attached hydrogens (tertiary/aromatic N) is 1. The van der Waals surface area contributed by atoms with Gasteiger partial charge in [-0.05, 0) is 50.4 Å². The van der Waals surface area contributed by atoms with Crippen molar-refractivity contribution in [1.29, 1.82) is 0 Å². The van der Waals surface area contributed by atoms with E-state index in [0.29, 0.717) is 6.04 Å². The van der Waals surface area contributed by atoms with Crippen molar-refractivity contribution in [3.63, 3.8) is 0 Å². The maximum Gasteiger partial charge on any atom is 0.123 e. The number of nitrogens with two attached hydrogens (primary N) is 1. The van der Waals surface area contributed by atoms with Gasteiger partial charge < -0.3 is 10.6 Å². The van der Waals surface area contributed by atoms with Gasteiger partial charge in [0.05, 0.1) is 0 Å². The molecule has 1 aromatic carbocycles. The Kier molecular flexibility index (Phi) is 7.42. The summed E-state index contributed by atoms with van der Waals surface area (Å²) in [5, 5.41) is 0. The minimum Gasteiger partial charge on any atom is -0.324 e. The van der Waals surface area contributed by atoms with Gasteiger partial charge >= 0.3 is 0 Å². The third-order valence-corrected chi connectivity index (χ3v) is 4.26. The summed E-state index contributed by atoms with van der Waals surface area (Å²) in [5.41, 5.74) is 7.16. The molecule has 2 N–H and O–H groups in total. The number of hydrogen-bond acceptors (Lipinski definition) is 3. The Balaban J connectivity index is 2.44. The first kappa shape index (κ1) is 16.5. The molecule has 0 amide bonds. The highest BCUT2D eigenvalue weighted by atomic mass is 32.2. The molecule has 0 aliphatic rings. The maximum atomic E-state index is 12.8. The van der Waals surface area contributed by atoms with E-state index in [2.05, 4.69) is 25.1 Å². The van der Waals surface area contributed by atoms with Crippen molar-refractivity contribution in [1.82, 2.24) is 4.90 Å². The summed E-state index contributed by atoms with van der Waals surface area (Å²) in [6.45, 7) is 3.19. The smallest absolute Gasteiger partial charge is 0.123 e. The molecule has 0 saturated heterocycles. The summed E-state index contributed by atoms with van der Waals surface area (Å²) in [6, 6.07) is 7.09. The molecule has 1 rings (SSSR count). The van der Waals surface area contributed by atoms with Gasteiger partial charge in [-0.3, -0.25) is 0 Å². The first-order valence-corrected chi connectivity index (χ1v) is 8.18. The van der Waals surface area contributed by atoms with E-state index in [0.717, 1.165) is 30.7 Å². The van der Waals surface area contributed by atoms with Crippen molar-refractivity contribution in [3.05, 3.63) is 35.6 Å². The molecule has 1 aromatic rings. The van der Waals surface area contributed by atoms with Crippen molar-refractivity contribution in [2.45, 2.75) is 31.8 Å². The van der Waals surface area contributed by atoms with Gasteiger partial charge in [0.1, 0.15) is 5.82 Å². The molecule has 0 aliphatic heterocycles. The van der Waals surface area contributed by atoms with Crippen molar-refractivity contribution < 1.29 is 4.39 Å². The third kappa shape index (κ3) is 5.51. The van der Waals surface area contributed by atoms with Crippen LogP contribution in [0.5, 0.6) is 0 Å². The van der Waals surface area contributed by atoms with Crippen LogP contribution in [0.2, 0.25) is 0 Å². The molecule has 0 radical (unpaired) electrons. The fourth-order valence-electron chi connectivity index (χ4n) is 2.15. The van der Waals surface area contributed by atoms with Gasteiger partial charge in [-0.1, -0.05) is 19.1 Å². The van der Waals surface area contributed by atoms with Crippen molar-refractivity contribution >= 4 is 11.8 Å². The van der Waals surface area contributed by atoms with Crippen LogP contribution in [0.1, 0.15) is 31.4 Å². The Labute approximate surface area is 120 Å². The van der Waals surface area contributed by atoms with Gasteiger partial charge in [0.15, 0.2) is 0 Å². The standard InChI is InChI=1S/C15H25FN2S/c1-4-14(11-19-3)18(2)10-9-15(17)12-5-7-13(16)8-6-12/h5-8,14-15H,4,9-11,17H2,1-3H3. The zero-order valence-corrected chi connectivity index (χ0v) is 12.9. The predicted molar refractivity (Wildman–Crippen MR) is 83.0 cm³/mol. The molecule has 2 nitrogen and oxygen atoms in total. The van der Waals surface area contributed by atoms with Crippen LogP contribution in [-0.2, 0) is 0 Å².